The first kappa shape index (κ1) is 15.3. The highest BCUT2D eigenvalue weighted by Gasteiger charge is 2.26. The Morgan fingerprint density at radius 1 is 1.14 bits per heavy atom. The number of ether oxygens (including phenoxy) is 1. The second-order valence-electron chi connectivity index (χ2n) is 6.46. The monoisotopic (exact) mass is 302 g/mol. The molecule has 1 atom stereocenters. The van der Waals surface area contributed by atoms with E-state index in [2.05, 4.69) is 17.0 Å². The number of rotatable bonds is 4. The van der Waals surface area contributed by atoms with E-state index in [1.807, 2.05) is 17.0 Å². The molecule has 1 amide bonds. The van der Waals surface area contributed by atoms with Gasteiger partial charge in [0, 0.05) is 50.5 Å². The van der Waals surface area contributed by atoms with Crippen molar-refractivity contribution in [2.45, 2.75) is 25.7 Å². The standard InChI is InChI=1S/C18H26N2O2/c1-22-14-15-9-12-20(13-15)18(21)16-5-7-17(8-6-16)19-10-3-2-4-11-19/h5-8,15H,2-4,9-14H2,1H3/t15-/m1/s1. The highest BCUT2D eigenvalue weighted by molar-refractivity contribution is 5.94. The molecule has 1 aromatic carbocycles. The smallest absolute Gasteiger partial charge is 0.253 e. The van der Waals surface area contributed by atoms with E-state index in [0.29, 0.717) is 5.92 Å². The molecule has 3 rings (SSSR count). The van der Waals surface area contributed by atoms with Crippen LogP contribution in [-0.2, 0) is 4.74 Å². The van der Waals surface area contributed by atoms with E-state index in [0.717, 1.165) is 44.8 Å². The fraction of sp³-hybridized carbons (Fsp3) is 0.611. The third-order valence-corrected chi connectivity index (χ3v) is 4.81. The number of hydrogen-bond acceptors (Lipinski definition) is 3. The van der Waals surface area contributed by atoms with Crippen LogP contribution in [0.5, 0.6) is 0 Å². The first-order valence-corrected chi connectivity index (χ1v) is 8.41. The zero-order valence-electron chi connectivity index (χ0n) is 13.5. The summed E-state index contributed by atoms with van der Waals surface area (Å²) in [4.78, 5) is 16.9. The number of carbonyl (C=O) groups is 1. The number of benzene rings is 1. The van der Waals surface area contributed by atoms with Crippen molar-refractivity contribution in [3.63, 3.8) is 0 Å². The lowest BCUT2D eigenvalue weighted by Gasteiger charge is -2.29. The summed E-state index contributed by atoms with van der Waals surface area (Å²) in [5.41, 5.74) is 2.05. The summed E-state index contributed by atoms with van der Waals surface area (Å²) in [6, 6.07) is 8.16. The molecule has 2 aliphatic heterocycles. The van der Waals surface area contributed by atoms with Gasteiger partial charge in [-0.1, -0.05) is 0 Å². The summed E-state index contributed by atoms with van der Waals surface area (Å²) in [5.74, 6) is 0.644. The molecule has 0 radical (unpaired) electrons. The Morgan fingerprint density at radius 2 is 1.86 bits per heavy atom. The molecule has 2 aliphatic rings. The van der Waals surface area contributed by atoms with Gasteiger partial charge in [-0.05, 0) is 49.9 Å². The Bertz CT molecular complexity index is 494. The molecule has 120 valence electrons. The zero-order valence-corrected chi connectivity index (χ0v) is 13.5. The summed E-state index contributed by atoms with van der Waals surface area (Å²) < 4.78 is 5.20. The predicted octanol–water partition coefficient (Wildman–Crippen LogP) is 2.79. The fourth-order valence-corrected chi connectivity index (χ4v) is 3.54. The third kappa shape index (κ3) is 3.43. The highest BCUT2D eigenvalue weighted by Crippen LogP contribution is 2.22. The van der Waals surface area contributed by atoms with Crippen LogP contribution >= 0.6 is 0 Å². The van der Waals surface area contributed by atoms with Gasteiger partial charge in [-0.2, -0.15) is 0 Å². The van der Waals surface area contributed by atoms with E-state index in [-0.39, 0.29) is 5.91 Å². The van der Waals surface area contributed by atoms with Crippen molar-refractivity contribution in [2.24, 2.45) is 5.92 Å². The summed E-state index contributed by atoms with van der Waals surface area (Å²) >= 11 is 0. The van der Waals surface area contributed by atoms with Crippen LogP contribution < -0.4 is 4.90 Å². The fourth-order valence-electron chi connectivity index (χ4n) is 3.54. The molecule has 0 aliphatic carbocycles. The lowest BCUT2D eigenvalue weighted by Crippen LogP contribution is -2.30. The number of nitrogens with zero attached hydrogens (tertiary/aromatic N) is 2. The van der Waals surface area contributed by atoms with Crippen LogP contribution in [-0.4, -0.2) is 50.7 Å². The van der Waals surface area contributed by atoms with Gasteiger partial charge < -0.3 is 14.5 Å². The Morgan fingerprint density at radius 3 is 2.55 bits per heavy atom. The average molecular weight is 302 g/mol. The molecule has 0 aromatic heterocycles. The maximum absolute atomic E-state index is 12.6. The summed E-state index contributed by atoms with van der Waals surface area (Å²) in [7, 11) is 1.73. The third-order valence-electron chi connectivity index (χ3n) is 4.81. The maximum atomic E-state index is 12.6. The molecule has 1 aromatic rings. The van der Waals surface area contributed by atoms with E-state index < -0.39 is 0 Å². The largest absolute Gasteiger partial charge is 0.384 e. The van der Waals surface area contributed by atoms with E-state index in [4.69, 9.17) is 4.74 Å². The molecule has 2 heterocycles. The Labute approximate surface area is 133 Å². The number of carbonyl (C=O) groups excluding carboxylic acids is 1. The summed E-state index contributed by atoms with van der Waals surface area (Å²) in [5, 5.41) is 0. The molecule has 22 heavy (non-hydrogen) atoms. The minimum atomic E-state index is 0.156. The Kier molecular flexibility index (Phi) is 4.98. The van der Waals surface area contributed by atoms with Gasteiger partial charge in [-0.15, -0.1) is 0 Å². The van der Waals surface area contributed by atoms with E-state index >= 15 is 0 Å². The van der Waals surface area contributed by atoms with Gasteiger partial charge in [0.15, 0.2) is 0 Å². The van der Waals surface area contributed by atoms with Crippen molar-refractivity contribution in [3.8, 4) is 0 Å². The van der Waals surface area contributed by atoms with Crippen LogP contribution in [0.3, 0.4) is 0 Å². The second kappa shape index (κ2) is 7.14. The van der Waals surface area contributed by atoms with Crippen molar-refractivity contribution in [3.05, 3.63) is 29.8 Å². The predicted molar refractivity (Wildman–Crippen MR) is 88.4 cm³/mol. The van der Waals surface area contributed by atoms with Gasteiger partial charge in [-0.3, -0.25) is 4.79 Å². The summed E-state index contributed by atoms with van der Waals surface area (Å²) in [6.45, 7) is 4.69. The van der Waals surface area contributed by atoms with Gasteiger partial charge in [-0.25, -0.2) is 0 Å². The van der Waals surface area contributed by atoms with E-state index in [9.17, 15) is 4.79 Å². The van der Waals surface area contributed by atoms with Gasteiger partial charge in [0.2, 0.25) is 0 Å². The molecule has 0 N–H and O–H groups in total. The van der Waals surface area contributed by atoms with E-state index in [1.165, 1.54) is 24.9 Å². The van der Waals surface area contributed by atoms with Crippen LogP contribution in [0.15, 0.2) is 24.3 Å². The zero-order chi connectivity index (χ0) is 15.4. The number of hydrogen-bond donors (Lipinski definition) is 0. The quantitative estimate of drug-likeness (QED) is 0.857. The van der Waals surface area contributed by atoms with Crippen LogP contribution in [0.1, 0.15) is 36.0 Å². The number of anilines is 1. The highest BCUT2D eigenvalue weighted by atomic mass is 16.5. The van der Waals surface area contributed by atoms with Crippen LogP contribution in [0.2, 0.25) is 0 Å². The van der Waals surface area contributed by atoms with Crippen LogP contribution in [0.25, 0.3) is 0 Å². The number of likely N-dealkylation sites (tertiary alicyclic amines) is 1. The van der Waals surface area contributed by atoms with Crippen LogP contribution in [0, 0.1) is 5.92 Å². The second-order valence-corrected chi connectivity index (χ2v) is 6.46. The normalized spacial score (nSPS) is 22.1. The molecular weight excluding hydrogens is 276 g/mol. The lowest BCUT2D eigenvalue weighted by molar-refractivity contribution is 0.0775. The van der Waals surface area contributed by atoms with Crippen molar-refractivity contribution >= 4 is 11.6 Å². The van der Waals surface area contributed by atoms with Crippen molar-refractivity contribution in [2.75, 3.05) is 44.8 Å². The molecule has 4 nitrogen and oxygen atoms in total. The number of methoxy groups -OCH3 is 1. The first-order valence-electron chi connectivity index (χ1n) is 8.41. The molecule has 0 saturated carbocycles. The topological polar surface area (TPSA) is 32.8 Å². The minimum absolute atomic E-state index is 0.156. The molecule has 2 fully saturated rings. The number of amides is 1. The van der Waals surface area contributed by atoms with Gasteiger partial charge in [0.25, 0.3) is 5.91 Å². The maximum Gasteiger partial charge on any atom is 0.253 e. The average Bonchev–Trinajstić information content (AvgIpc) is 3.04. The van der Waals surface area contributed by atoms with Crippen molar-refractivity contribution < 1.29 is 9.53 Å². The molecular formula is C18H26N2O2. The summed E-state index contributed by atoms with van der Waals surface area (Å²) in [6.07, 6.45) is 4.93. The lowest BCUT2D eigenvalue weighted by atomic mass is 10.1. The van der Waals surface area contributed by atoms with Gasteiger partial charge >= 0.3 is 0 Å². The van der Waals surface area contributed by atoms with Crippen LogP contribution in [0.4, 0.5) is 5.69 Å². The molecule has 0 bridgehead atoms. The molecule has 0 unspecified atom stereocenters. The molecule has 4 heteroatoms. The molecule has 0 spiro atoms. The first-order chi connectivity index (χ1) is 10.8. The van der Waals surface area contributed by atoms with Crippen molar-refractivity contribution in [1.82, 2.24) is 4.90 Å². The SMILES string of the molecule is COC[C@@H]1CCN(C(=O)c2ccc(N3CCCCC3)cc2)C1. The van der Waals surface area contributed by atoms with Gasteiger partial charge in [0.05, 0.1) is 6.61 Å². The minimum Gasteiger partial charge on any atom is -0.384 e. The Hall–Kier alpha value is -1.55. The van der Waals surface area contributed by atoms with Gasteiger partial charge in [0.1, 0.15) is 0 Å². The van der Waals surface area contributed by atoms with Crippen molar-refractivity contribution in [1.29, 1.82) is 0 Å². The van der Waals surface area contributed by atoms with E-state index in [1.54, 1.807) is 7.11 Å². The Balaban J connectivity index is 1.61. The number of piperidine rings is 1. The molecule has 2 saturated heterocycles.